The third-order valence-electron chi connectivity index (χ3n) is 3.46. The highest BCUT2D eigenvalue weighted by atomic mass is 35.5. The average Bonchev–Trinajstić information content (AvgIpc) is 3.27. The molecule has 0 bridgehead atoms. The Balaban J connectivity index is 1.73. The Kier molecular flexibility index (Phi) is 4.08. The molecule has 2 aromatic rings. The van der Waals surface area contributed by atoms with E-state index in [2.05, 4.69) is 10.3 Å². The van der Waals surface area contributed by atoms with E-state index in [9.17, 15) is 4.39 Å². The summed E-state index contributed by atoms with van der Waals surface area (Å²) < 4.78 is 19.3. The molecule has 0 atom stereocenters. The van der Waals surface area contributed by atoms with Crippen molar-refractivity contribution in [1.29, 1.82) is 0 Å². The van der Waals surface area contributed by atoms with Gasteiger partial charge in [0.2, 0.25) is 5.88 Å². The van der Waals surface area contributed by atoms with Gasteiger partial charge in [-0.25, -0.2) is 9.37 Å². The van der Waals surface area contributed by atoms with E-state index < -0.39 is 5.82 Å². The molecule has 1 fully saturated rings. The van der Waals surface area contributed by atoms with Crippen LogP contribution in [0.5, 0.6) is 11.6 Å². The van der Waals surface area contributed by atoms with Crippen LogP contribution in [0.15, 0.2) is 30.3 Å². The third kappa shape index (κ3) is 3.52. The Labute approximate surface area is 128 Å². The van der Waals surface area contributed by atoms with E-state index in [1.807, 2.05) is 13.0 Å². The van der Waals surface area contributed by atoms with Crippen molar-refractivity contribution in [3.05, 3.63) is 52.4 Å². The second kappa shape index (κ2) is 6.00. The number of nitrogens with zero attached hydrogens (tertiary/aromatic N) is 1. The highest BCUT2D eigenvalue weighted by Crippen LogP contribution is 2.28. The van der Waals surface area contributed by atoms with Crippen LogP contribution in [0.25, 0.3) is 0 Å². The van der Waals surface area contributed by atoms with Gasteiger partial charge < -0.3 is 10.1 Å². The van der Waals surface area contributed by atoms with Crippen molar-refractivity contribution >= 4 is 11.6 Å². The number of ether oxygens (including phenoxy) is 1. The molecule has 1 heterocycles. The lowest BCUT2D eigenvalue weighted by Gasteiger charge is -2.10. The van der Waals surface area contributed by atoms with Crippen LogP contribution in [0.2, 0.25) is 5.02 Å². The van der Waals surface area contributed by atoms with Crippen LogP contribution in [-0.2, 0) is 6.54 Å². The number of pyridine rings is 1. The zero-order valence-electron chi connectivity index (χ0n) is 11.7. The highest BCUT2D eigenvalue weighted by Gasteiger charge is 2.20. The van der Waals surface area contributed by atoms with E-state index in [0.717, 1.165) is 17.8 Å². The summed E-state index contributed by atoms with van der Waals surface area (Å²) >= 11 is 5.73. The minimum absolute atomic E-state index is 0.0366. The maximum atomic E-state index is 13.8. The van der Waals surface area contributed by atoms with Gasteiger partial charge in [0.15, 0.2) is 11.6 Å². The van der Waals surface area contributed by atoms with Crippen molar-refractivity contribution in [3.63, 3.8) is 0 Å². The quantitative estimate of drug-likeness (QED) is 0.897. The summed E-state index contributed by atoms with van der Waals surface area (Å²) in [5.41, 5.74) is 2.00. The number of benzene rings is 1. The number of halogens is 2. The molecular weight excluding hydrogens is 291 g/mol. The van der Waals surface area contributed by atoms with Crippen molar-refractivity contribution in [1.82, 2.24) is 10.3 Å². The summed E-state index contributed by atoms with van der Waals surface area (Å²) in [5, 5.41) is 3.48. The van der Waals surface area contributed by atoms with Crippen LogP contribution in [0.3, 0.4) is 0 Å². The number of nitrogens with one attached hydrogen (secondary N) is 1. The number of aryl methyl sites for hydroxylation is 1. The molecule has 1 aromatic carbocycles. The molecule has 0 saturated heterocycles. The fraction of sp³-hybridized carbons (Fsp3) is 0.312. The molecular formula is C16H16ClFN2O. The minimum Gasteiger partial charge on any atom is -0.436 e. The first kappa shape index (κ1) is 14.3. The summed E-state index contributed by atoms with van der Waals surface area (Å²) in [7, 11) is 0. The molecule has 3 rings (SSSR count). The first-order valence-corrected chi connectivity index (χ1v) is 7.33. The predicted octanol–water partition coefficient (Wildman–Crippen LogP) is 4.23. The molecule has 1 aliphatic rings. The molecule has 1 aromatic heterocycles. The van der Waals surface area contributed by atoms with E-state index in [4.69, 9.17) is 16.3 Å². The third-order valence-corrected chi connectivity index (χ3v) is 3.75. The van der Waals surface area contributed by atoms with Crippen LogP contribution >= 0.6 is 11.6 Å². The molecule has 3 nitrogen and oxygen atoms in total. The van der Waals surface area contributed by atoms with Crippen LogP contribution in [-0.4, -0.2) is 11.0 Å². The first-order valence-electron chi connectivity index (χ1n) is 6.95. The molecule has 1 aliphatic carbocycles. The summed E-state index contributed by atoms with van der Waals surface area (Å²) in [4.78, 5) is 4.37. The van der Waals surface area contributed by atoms with Crippen LogP contribution in [0.4, 0.5) is 4.39 Å². The maximum absolute atomic E-state index is 13.8. The Morgan fingerprint density at radius 1 is 1.33 bits per heavy atom. The minimum atomic E-state index is -0.571. The molecule has 5 heteroatoms. The smallest absolute Gasteiger partial charge is 0.219 e. The number of hydrogen-bond acceptors (Lipinski definition) is 3. The van der Waals surface area contributed by atoms with Gasteiger partial charge in [-0.2, -0.15) is 0 Å². The fourth-order valence-electron chi connectivity index (χ4n) is 2.03. The van der Waals surface area contributed by atoms with E-state index in [1.54, 1.807) is 12.1 Å². The number of aromatic nitrogens is 1. The second-order valence-corrected chi connectivity index (χ2v) is 5.61. The SMILES string of the molecule is Cc1nc(Oc2cccc(Cl)c2F)ccc1CNC1CC1. The average molecular weight is 307 g/mol. The van der Waals surface area contributed by atoms with Crippen LogP contribution in [0.1, 0.15) is 24.1 Å². The van der Waals surface area contributed by atoms with Gasteiger partial charge in [-0.3, -0.25) is 0 Å². The van der Waals surface area contributed by atoms with Crippen LogP contribution in [0, 0.1) is 12.7 Å². The molecule has 0 spiro atoms. The Morgan fingerprint density at radius 2 is 2.14 bits per heavy atom. The summed E-state index contributed by atoms with van der Waals surface area (Å²) in [6.45, 7) is 2.72. The first-order chi connectivity index (χ1) is 10.1. The highest BCUT2D eigenvalue weighted by molar-refractivity contribution is 6.30. The lowest BCUT2D eigenvalue weighted by atomic mass is 10.2. The zero-order chi connectivity index (χ0) is 14.8. The standard InChI is InChI=1S/C16H16ClFN2O/c1-10-11(9-19-12-6-7-12)5-8-15(20-10)21-14-4-2-3-13(17)16(14)18/h2-5,8,12,19H,6-7,9H2,1H3. The van der Waals surface area contributed by atoms with Crippen molar-refractivity contribution in [2.45, 2.75) is 32.4 Å². The number of rotatable bonds is 5. The monoisotopic (exact) mass is 306 g/mol. The van der Waals surface area contributed by atoms with Crippen molar-refractivity contribution < 1.29 is 9.13 Å². The molecule has 1 saturated carbocycles. The normalized spacial score (nSPS) is 14.2. The summed E-state index contributed by atoms with van der Waals surface area (Å²) in [5.74, 6) is -0.125. The summed E-state index contributed by atoms with van der Waals surface area (Å²) in [6, 6.07) is 9.00. The van der Waals surface area contributed by atoms with Crippen molar-refractivity contribution in [2.24, 2.45) is 0 Å². The predicted molar refractivity (Wildman–Crippen MR) is 80.3 cm³/mol. The zero-order valence-corrected chi connectivity index (χ0v) is 12.5. The van der Waals surface area contributed by atoms with E-state index in [0.29, 0.717) is 11.9 Å². The molecule has 0 radical (unpaired) electrons. The topological polar surface area (TPSA) is 34.1 Å². The van der Waals surface area contributed by atoms with E-state index in [-0.39, 0.29) is 10.8 Å². The largest absolute Gasteiger partial charge is 0.436 e. The fourth-order valence-corrected chi connectivity index (χ4v) is 2.19. The van der Waals surface area contributed by atoms with Crippen molar-refractivity contribution in [2.75, 3.05) is 0 Å². The molecule has 0 amide bonds. The molecule has 0 aliphatic heterocycles. The maximum Gasteiger partial charge on any atom is 0.219 e. The van der Waals surface area contributed by atoms with Gasteiger partial charge in [0.05, 0.1) is 5.02 Å². The molecule has 0 unspecified atom stereocenters. The van der Waals surface area contributed by atoms with Gasteiger partial charge in [0, 0.05) is 24.3 Å². The van der Waals surface area contributed by atoms with E-state index >= 15 is 0 Å². The van der Waals surface area contributed by atoms with Gasteiger partial charge in [-0.1, -0.05) is 23.7 Å². The van der Waals surface area contributed by atoms with Crippen molar-refractivity contribution in [3.8, 4) is 11.6 Å². The Hall–Kier alpha value is -1.65. The lowest BCUT2D eigenvalue weighted by molar-refractivity contribution is 0.426. The summed E-state index contributed by atoms with van der Waals surface area (Å²) in [6.07, 6.45) is 2.50. The Bertz CT molecular complexity index is 659. The van der Waals surface area contributed by atoms with E-state index in [1.165, 1.54) is 25.0 Å². The molecule has 1 N–H and O–H groups in total. The van der Waals surface area contributed by atoms with Gasteiger partial charge in [0.1, 0.15) is 0 Å². The molecule has 21 heavy (non-hydrogen) atoms. The second-order valence-electron chi connectivity index (χ2n) is 5.20. The van der Waals surface area contributed by atoms with Gasteiger partial charge in [-0.15, -0.1) is 0 Å². The Morgan fingerprint density at radius 3 is 2.86 bits per heavy atom. The van der Waals surface area contributed by atoms with Gasteiger partial charge in [-0.05, 0) is 37.5 Å². The number of hydrogen-bond donors (Lipinski definition) is 1. The molecule has 110 valence electrons. The van der Waals surface area contributed by atoms with Gasteiger partial charge >= 0.3 is 0 Å². The van der Waals surface area contributed by atoms with Crippen LogP contribution < -0.4 is 10.1 Å². The lowest BCUT2D eigenvalue weighted by Crippen LogP contribution is -2.16. The van der Waals surface area contributed by atoms with Gasteiger partial charge in [0.25, 0.3) is 0 Å².